The lowest BCUT2D eigenvalue weighted by Crippen LogP contribution is -3.00. The van der Waals surface area contributed by atoms with Crippen LogP contribution in [0, 0.1) is 11.3 Å². The summed E-state index contributed by atoms with van der Waals surface area (Å²) in [5, 5.41) is 18.0. The van der Waals surface area contributed by atoms with Crippen LogP contribution in [0.15, 0.2) is 24.3 Å². The fourth-order valence-corrected chi connectivity index (χ4v) is 2.70. The topological polar surface area (TPSA) is 63.7 Å². The molecular formula is C17H18BrN4O-. The first kappa shape index (κ1) is 17.2. The highest BCUT2D eigenvalue weighted by molar-refractivity contribution is 5.87. The predicted molar refractivity (Wildman–Crippen MR) is 84.1 cm³/mol. The number of hydrogen-bond donors (Lipinski definition) is 0. The van der Waals surface area contributed by atoms with Gasteiger partial charge >= 0.3 is 0 Å². The molecular weight excluding hydrogens is 356 g/mol. The standard InChI is InChI=1S/C17H18N4O.BrH/c1-22-15-8-6-13(7-9-15)11-14(12-18)17-20-19-16-5-3-2-4-10-21(16)17;/h6-9,11H,2-5,10H2,1H3;1H/p-1/b14-11+;. The molecule has 0 amide bonds. The van der Waals surface area contributed by atoms with Crippen molar-refractivity contribution in [1.82, 2.24) is 14.8 Å². The highest BCUT2D eigenvalue weighted by atomic mass is 79.9. The molecule has 1 aromatic carbocycles. The Morgan fingerprint density at radius 3 is 2.70 bits per heavy atom. The van der Waals surface area contributed by atoms with Crippen molar-refractivity contribution in [3.8, 4) is 11.8 Å². The van der Waals surface area contributed by atoms with E-state index < -0.39 is 0 Å². The molecule has 2 aromatic rings. The maximum absolute atomic E-state index is 9.51. The molecule has 5 nitrogen and oxygen atoms in total. The lowest BCUT2D eigenvalue weighted by molar-refractivity contribution is -0.00000512. The number of nitrogens with zero attached hydrogens (tertiary/aromatic N) is 4. The molecule has 0 unspecified atom stereocenters. The van der Waals surface area contributed by atoms with E-state index in [1.54, 1.807) is 7.11 Å². The summed E-state index contributed by atoms with van der Waals surface area (Å²) >= 11 is 0. The van der Waals surface area contributed by atoms with Crippen molar-refractivity contribution >= 4 is 11.6 Å². The Labute approximate surface area is 146 Å². The van der Waals surface area contributed by atoms with Gasteiger partial charge in [-0.3, -0.25) is 0 Å². The first-order chi connectivity index (χ1) is 10.8. The van der Waals surface area contributed by atoms with Crippen LogP contribution in [0.5, 0.6) is 5.75 Å². The van der Waals surface area contributed by atoms with E-state index in [2.05, 4.69) is 20.8 Å². The molecule has 23 heavy (non-hydrogen) atoms. The summed E-state index contributed by atoms with van der Waals surface area (Å²) in [5.41, 5.74) is 1.49. The number of benzene rings is 1. The van der Waals surface area contributed by atoms with E-state index in [4.69, 9.17) is 4.74 Å². The van der Waals surface area contributed by atoms with Gasteiger partial charge in [0.15, 0.2) is 5.82 Å². The number of rotatable bonds is 3. The van der Waals surface area contributed by atoms with Gasteiger partial charge in [0.05, 0.1) is 12.7 Å². The average Bonchev–Trinajstić information content (AvgIpc) is 2.81. The second-order valence-corrected chi connectivity index (χ2v) is 5.35. The summed E-state index contributed by atoms with van der Waals surface area (Å²) in [6.45, 7) is 0.888. The van der Waals surface area contributed by atoms with Gasteiger partial charge in [-0.05, 0) is 36.6 Å². The maximum atomic E-state index is 9.51. The Morgan fingerprint density at radius 2 is 2.00 bits per heavy atom. The molecule has 1 aliphatic rings. The van der Waals surface area contributed by atoms with Gasteiger partial charge in [0.2, 0.25) is 0 Å². The minimum Gasteiger partial charge on any atom is -1.00 e. The summed E-state index contributed by atoms with van der Waals surface area (Å²) in [6.07, 6.45) is 6.24. The maximum Gasteiger partial charge on any atom is 0.174 e. The van der Waals surface area contributed by atoms with Gasteiger partial charge in [-0.2, -0.15) is 5.26 Å². The molecule has 0 spiro atoms. The van der Waals surface area contributed by atoms with Crippen LogP contribution in [0.4, 0.5) is 0 Å². The van der Waals surface area contributed by atoms with Gasteiger partial charge in [0, 0.05) is 13.0 Å². The lowest BCUT2D eigenvalue weighted by Gasteiger charge is -2.06. The SMILES string of the molecule is COc1ccc(/C=C(\C#N)c2nnc3n2CCCCC3)cc1.[Br-]. The van der Waals surface area contributed by atoms with Crippen LogP contribution >= 0.6 is 0 Å². The molecule has 120 valence electrons. The van der Waals surface area contributed by atoms with Crippen molar-refractivity contribution < 1.29 is 21.7 Å². The van der Waals surface area contributed by atoms with Gasteiger partial charge in [-0.25, -0.2) is 0 Å². The van der Waals surface area contributed by atoms with Crippen LogP contribution in [-0.2, 0) is 13.0 Å². The lowest BCUT2D eigenvalue weighted by atomic mass is 10.1. The van der Waals surface area contributed by atoms with Crippen molar-refractivity contribution in [2.24, 2.45) is 0 Å². The van der Waals surface area contributed by atoms with Gasteiger partial charge in [-0.1, -0.05) is 18.6 Å². The number of ether oxygens (including phenoxy) is 1. The number of aromatic nitrogens is 3. The molecule has 0 saturated carbocycles. The minimum atomic E-state index is 0. The number of hydrogen-bond acceptors (Lipinski definition) is 4. The third-order valence-electron chi connectivity index (χ3n) is 3.90. The van der Waals surface area contributed by atoms with E-state index in [0.717, 1.165) is 42.9 Å². The highest BCUT2D eigenvalue weighted by Crippen LogP contribution is 2.22. The quantitative estimate of drug-likeness (QED) is 0.714. The number of aryl methyl sites for hydroxylation is 1. The second kappa shape index (κ2) is 7.93. The van der Waals surface area contributed by atoms with Crippen LogP contribution in [0.3, 0.4) is 0 Å². The van der Waals surface area contributed by atoms with Gasteiger partial charge in [0.25, 0.3) is 0 Å². The molecule has 3 rings (SSSR count). The molecule has 0 saturated heterocycles. The Bertz CT molecular complexity index is 728. The van der Waals surface area contributed by atoms with E-state index in [9.17, 15) is 5.26 Å². The fraction of sp³-hybridized carbons (Fsp3) is 0.353. The third kappa shape index (κ3) is 3.80. The van der Waals surface area contributed by atoms with E-state index in [-0.39, 0.29) is 17.0 Å². The number of allylic oxidation sites excluding steroid dienone is 1. The van der Waals surface area contributed by atoms with Crippen molar-refractivity contribution in [3.63, 3.8) is 0 Å². The summed E-state index contributed by atoms with van der Waals surface area (Å²) in [7, 11) is 1.64. The number of nitriles is 1. The van der Waals surface area contributed by atoms with E-state index >= 15 is 0 Å². The summed E-state index contributed by atoms with van der Waals surface area (Å²) in [4.78, 5) is 0. The Morgan fingerprint density at radius 1 is 1.22 bits per heavy atom. The zero-order valence-corrected chi connectivity index (χ0v) is 14.6. The molecule has 0 atom stereocenters. The van der Waals surface area contributed by atoms with Crippen LogP contribution in [0.1, 0.15) is 36.5 Å². The summed E-state index contributed by atoms with van der Waals surface area (Å²) in [6, 6.07) is 9.87. The van der Waals surface area contributed by atoms with Crippen molar-refractivity contribution in [2.45, 2.75) is 32.2 Å². The Kier molecular flexibility index (Phi) is 5.94. The first-order valence-electron chi connectivity index (χ1n) is 7.50. The van der Waals surface area contributed by atoms with Crippen LogP contribution in [-0.4, -0.2) is 21.9 Å². The number of fused-ring (bicyclic) bond motifs is 1. The monoisotopic (exact) mass is 373 g/mol. The van der Waals surface area contributed by atoms with Crippen LogP contribution in [0.25, 0.3) is 11.6 Å². The van der Waals surface area contributed by atoms with E-state index in [0.29, 0.717) is 11.4 Å². The minimum absolute atomic E-state index is 0. The zero-order valence-electron chi connectivity index (χ0n) is 13.0. The Balaban J connectivity index is 0.00000192. The van der Waals surface area contributed by atoms with Crippen LogP contribution < -0.4 is 21.7 Å². The third-order valence-corrected chi connectivity index (χ3v) is 3.90. The van der Waals surface area contributed by atoms with E-state index in [1.165, 1.54) is 6.42 Å². The number of halogens is 1. The van der Waals surface area contributed by atoms with Gasteiger partial charge in [0.1, 0.15) is 17.6 Å². The second-order valence-electron chi connectivity index (χ2n) is 5.35. The Hall–Kier alpha value is -2.13. The van der Waals surface area contributed by atoms with Gasteiger partial charge in [-0.15, -0.1) is 10.2 Å². The molecule has 6 heteroatoms. The summed E-state index contributed by atoms with van der Waals surface area (Å²) in [5.74, 6) is 2.46. The highest BCUT2D eigenvalue weighted by Gasteiger charge is 2.17. The smallest absolute Gasteiger partial charge is 0.174 e. The van der Waals surface area contributed by atoms with E-state index in [1.807, 2.05) is 30.3 Å². The molecule has 2 heterocycles. The molecule has 1 aliphatic heterocycles. The molecule has 0 aliphatic carbocycles. The first-order valence-corrected chi connectivity index (χ1v) is 7.50. The molecule has 1 aromatic heterocycles. The molecule has 0 fully saturated rings. The van der Waals surface area contributed by atoms with Crippen molar-refractivity contribution in [2.75, 3.05) is 7.11 Å². The zero-order chi connectivity index (χ0) is 15.4. The number of methoxy groups -OCH3 is 1. The molecule has 0 N–H and O–H groups in total. The van der Waals surface area contributed by atoms with Crippen molar-refractivity contribution in [3.05, 3.63) is 41.5 Å². The molecule has 0 radical (unpaired) electrons. The normalized spacial score (nSPS) is 14.2. The molecule has 0 bridgehead atoms. The average molecular weight is 374 g/mol. The fourth-order valence-electron chi connectivity index (χ4n) is 2.70. The van der Waals surface area contributed by atoms with Crippen molar-refractivity contribution in [1.29, 1.82) is 5.26 Å². The van der Waals surface area contributed by atoms with Gasteiger partial charge < -0.3 is 26.3 Å². The van der Waals surface area contributed by atoms with Crippen LogP contribution in [0.2, 0.25) is 0 Å². The summed E-state index contributed by atoms with van der Waals surface area (Å²) < 4.78 is 7.24. The predicted octanol–water partition coefficient (Wildman–Crippen LogP) is 0.0813. The largest absolute Gasteiger partial charge is 1.00 e.